The van der Waals surface area contributed by atoms with Crippen LogP contribution in [0.2, 0.25) is 0 Å². The zero-order valence-electron chi connectivity index (χ0n) is 14.3. The zero-order valence-corrected chi connectivity index (χ0v) is 16.0. The fourth-order valence-corrected chi connectivity index (χ4v) is 3.10. The summed E-state index contributed by atoms with van der Waals surface area (Å²) in [4.78, 5) is 20.3. The van der Waals surface area contributed by atoms with Gasteiger partial charge in [0.1, 0.15) is 11.4 Å². The number of aromatic amines is 1. The lowest BCUT2D eigenvalue weighted by molar-refractivity contribution is -0.146. The number of benzene rings is 1. The fourth-order valence-electron chi connectivity index (χ4n) is 3.10. The van der Waals surface area contributed by atoms with Crippen LogP contribution in [-0.2, 0) is 16.0 Å². The highest BCUT2D eigenvalue weighted by molar-refractivity contribution is 5.86. The van der Waals surface area contributed by atoms with Gasteiger partial charge in [0.15, 0.2) is 0 Å². The number of carbonyl (C=O) groups is 1. The molecular formula is C17H26Cl2N4O2. The molecule has 3 rings (SSSR count). The van der Waals surface area contributed by atoms with Gasteiger partial charge in [0.25, 0.3) is 5.91 Å². The lowest BCUT2D eigenvalue weighted by atomic mass is 9.91. The van der Waals surface area contributed by atoms with Crippen LogP contribution < -0.4 is 10.6 Å². The number of para-hydroxylation sites is 2. The molecule has 0 atom stereocenters. The van der Waals surface area contributed by atoms with Crippen molar-refractivity contribution in [1.82, 2.24) is 20.6 Å². The van der Waals surface area contributed by atoms with Crippen LogP contribution in [0, 0.1) is 0 Å². The van der Waals surface area contributed by atoms with Gasteiger partial charge in [-0.2, -0.15) is 0 Å². The standard InChI is InChI=1S/C17H24N4O2.2ClH/c1-23-17(8-11-18-12-9-17)16(22)19-10-4-7-15-20-13-5-2-3-6-14(13)21-15;;/h2-3,5-6,18H,4,7-12H2,1H3,(H,19,22)(H,20,21);2*1H. The zero-order chi connectivity index (χ0) is 16.1. The number of ether oxygens (including phenoxy) is 1. The second-order valence-corrected chi connectivity index (χ2v) is 6.01. The minimum absolute atomic E-state index is 0. The maximum atomic E-state index is 12.4. The molecule has 1 aliphatic rings. The molecule has 1 aliphatic heterocycles. The first-order chi connectivity index (χ1) is 11.2. The Labute approximate surface area is 160 Å². The van der Waals surface area contributed by atoms with Gasteiger partial charge in [-0.05, 0) is 44.5 Å². The van der Waals surface area contributed by atoms with Crippen LogP contribution in [0.15, 0.2) is 24.3 Å². The predicted octanol–water partition coefficient (Wildman–Crippen LogP) is 2.22. The Morgan fingerprint density at radius 2 is 2.00 bits per heavy atom. The van der Waals surface area contributed by atoms with E-state index in [9.17, 15) is 4.79 Å². The highest BCUT2D eigenvalue weighted by atomic mass is 35.5. The van der Waals surface area contributed by atoms with Gasteiger partial charge in [0.05, 0.1) is 11.0 Å². The summed E-state index contributed by atoms with van der Waals surface area (Å²) in [6, 6.07) is 7.99. The highest BCUT2D eigenvalue weighted by Crippen LogP contribution is 2.22. The van der Waals surface area contributed by atoms with E-state index in [1.807, 2.05) is 24.3 Å². The van der Waals surface area contributed by atoms with E-state index in [1.165, 1.54) is 0 Å². The predicted molar refractivity (Wildman–Crippen MR) is 104 cm³/mol. The molecule has 3 N–H and O–H groups in total. The van der Waals surface area contributed by atoms with Crippen molar-refractivity contribution < 1.29 is 9.53 Å². The van der Waals surface area contributed by atoms with Crippen molar-refractivity contribution in [1.29, 1.82) is 0 Å². The van der Waals surface area contributed by atoms with Crippen molar-refractivity contribution in [2.45, 2.75) is 31.3 Å². The molecule has 1 saturated heterocycles. The van der Waals surface area contributed by atoms with Crippen LogP contribution in [0.4, 0.5) is 0 Å². The smallest absolute Gasteiger partial charge is 0.252 e. The van der Waals surface area contributed by atoms with Gasteiger partial charge in [-0.15, -0.1) is 24.8 Å². The summed E-state index contributed by atoms with van der Waals surface area (Å²) in [5, 5.41) is 6.27. The summed E-state index contributed by atoms with van der Waals surface area (Å²) in [7, 11) is 1.62. The molecule has 6 nitrogen and oxygen atoms in total. The molecule has 25 heavy (non-hydrogen) atoms. The SMILES string of the molecule is COC1(C(=O)NCCCc2nc3ccccc3[nH]2)CCNCC1.Cl.Cl. The van der Waals surface area contributed by atoms with Crippen molar-refractivity contribution in [3.8, 4) is 0 Å². The van der Waals surface area contributed by atoms with E-state index in [0.29, 0.717) is 6.54 Å². The summed E-state index contributed by atoms with van der Waals surface area (Å²) >= 11 is 0. The number of halogens is 2. The number of hydrogen-bond donors (Lipinski definition) is 3. The lowest BCUT2D eigenvalue weighted by Gasteiger charge is -2.34. The molecule has 8 heteroatoms. The number of imidazole rings is 1. The lowest BCUT2D eigenvalue weighted by Crippen LogP contribution is -2.54. The third kappa shape index (κ3) is 5.07. The maximum absolute atomic E-state index is 12.4. The number of methoxy groups -OCH3 is 1. The molecule has 1 amide bonds. The van der Waals surface area contributed by atoms with E-state index < -0.39 is 5.60 Å². The summed E-state index contributed by atoms with van der Waals surface area (Å²) in [5.74, 6) is 0.967. The molecule has 1 aromatic carbocycles. The number of amides is 1. The fraction of sp³-hybridized carbons (Fsp3) is 0.529. The monoisotopic (exact) mass is 388 g/mol. The first-order valence-corrected chi connectivity index (χ1v) is 8.21. The van der Waals surface area contributed by atoms with Gasteiger partial charge in [0.2, 0.25) is 0 Å². The third-order valence-electron chi connectivity index (χ3n) is 4.53. The van der Waals surface area contributed by atoms with Gasteiger partial charge >= 0.3 is 0 Å². The minimum atomic E-state index is -0.662. The molecule has 1 aromatic heterocycles. The number of carbonyl (C=O) groups excluding carboxylic acids is 1. The normalized spacial score (nSPS) is 15.9. The van der Waals surface area contributed by atoms with Crippen LogP contribution in [0.1, 0.15) is 25.1 Å². The van der Waals surface area contributed by atoms with E-state index in [1.54, 1.807) is 7.11 Å². The van der Waals surface area contributed by atoms with E-state index in [2.05, 4.69) is 20.6 Å². The average molecular weight is 389 g/mol. The van der Waals surface area contributed by atoms with Crippen molar-refractivity contribution in [3.63, 3.8) is 0 Å². The van der Waals surface area contributed by atoms with Gasteiger partial charge in [-0.1, -0.05) is 12.1 Å². The number of hydrogen-bond acceptors (Lipinski definition) is 4. The number of rotatable bonds is 6. The van der Waals surface area contributed by atoms with E-state index >= 15 is 0 Å². The van der Waals surface area contributed by atoms with Crippen LogP contribution in [0.25, 0.3) is 11.0 Å². The number of H-pyrrole nitrogens is 1. The Bertz CT molecular complexity index is 638. The molecular weight excluding hydrogens is 363 g/mol. The summed E-state index contributed by atoms with van der Waals surface area (Å²) in [6.07, 6.45) is 3.11. The van der Waals surface area contributed by atoms with E-state index in [4.69, 9.17) is 4.74 Å². The molecule has 0 radical (unpaired) electrons. The second-order valence-electron chi connectivity index (χ2n) is 6.01. The van der Waals surface area contributed by atoms with Crippen LogP contribution in [0.3, 0.4) is 0 Å². The quantitative estimate of drug-likeness (QED) is 0.662. The molecule has 0 bridgehead atoms. The minimum Gasteiger partial charge on any atom is -0.368 e. The largest absolute Gasteiger partial charge is 0.368 e. The molecule has 2 heterocycles. The van der Waals surface area contributed by atoms with Gasteiger partial charge < -0.3 is 20.4 Å². The van der Waals surface area contributed by atoms with Crippen LogP contribution in [-0.4, -0.2) is 48.2 Å². The maximum Gasteiger partial charge on any atom is 0.252 e. The van der Waals surface area contributed by atoms with Crippen molar-refractivity contribution in [2.75, 3.05) is 26.7 Å². The Balaban J connectivity index is 0.00000156. The molecule has 1 fully saturated rings. The molecule has 0 spiro atoms. The van der Waals surface area contributed by atoms with E-state index in [0.717, 1.165) is 55.6 Å². The summed E-state index contributed by atoms with van der Waals surface area (Å²) < 4.78 is 5.53. The highest BCUT2D eigenvalue weighted by Gasteiger charge is 2.39. The van der Waals surface area contributed by atoms with Crippen LogP contribution in [0.5, 0.6) is 0 Å². The molecule has 0 aliphatic carbocycles. The Morgan fingerprint density at radius 1 is 1.28 bits per heavy atom. The van der Waals surface area contributed by atoms with Gasteiger partial charge in [0, 0.05) is 20.1 Å². The molecule has 140 valence electrons. The van der Waals surface area contributed by atoms with Crippen LogP contribution >= 0.6 is 24.8 Å². The number of aromatic nitrogens is 2. The number of fused-ring (bicyclic) bond motifs is 1. The summed E-state index contributed by atoms with van der Waals surface area (Å²) in [5.41, 5.74) is 1.38. The molecule has 0 unspecified atom stereocenters. The first-order valence-electron chi connectivity index (χ1n) is 8.21. The van der Waals surface area contributed by atoms with Crippen molar-refractivity contribution in [3.05, 3.63) is 30.1 Å². The topological polar surface area (TPSA) is 79.0 Å². The van der Waals surface area contributed by atoms with Gasteiger partial charge in [-0.25, -0.2) is 4.98 Å². The van der Waals surface area contributed by atoms with Crippen molar-refractivity contribution in [2.24, 2.45) is 0 Å². The van der Waals surface area contributed by atoms with E-state index in [-0.39, 0.29) is 30.7 Å². The summed E-state index contributed by atoms with van der Waals surface area (Å²) in [6.45, 7) is 2.27. The average Bonchev–Trinajstić information content (AvgIpc) is 3.02. The van der Waals surface area contributed by atoms with Gasteiger partial charge in [-0.3, -0.25) is 4.79 Å². The first kappa shape index (κ1) is 21.7. The number of nitrogens with one attached hydrogen (secondary N) is 3. The number of aryl methyl sites for hydroxylation is 1. The molecule has 0 saturated carbocycles. The second kappa shape index (κ2) is 9.97. The third-order valence-corrected chi connectivity index (χ3v) is 4.53. The molecule has 2 aromatic rings. The number of nitrogens with zero attached hydrogens (tertiary/aromatic N) is 1. The number of piperidine rings is 1. The Kier molecular flexibility index (Phi) is 8.65. The Morgan fingerprint density at radius 3 is 2.68 bits per heavy atom. The van der Waals surface area contributed by atoms with Crippen molar-refractivity contribution >= 4 is 41.8 Å². The Hall–Kier alpha value is -1.34.